The molecule has 0 fully saturated rings. The molecule has 0 aromatic heterocycles. The van der Waals surface area contributed by atoms with E-state index in [2.05, 4.69) is 5.32 Å². The number of carbonyl (C=O) groups is 2. The van der Waals surface area contributed by atoms with Gasteiger partial charge in [-0.25, -0.2) is 0 Å². The van der Waals surface area contributed by atoms with Crippen molar-refractivity contribution in [2.75, 3.05) is 6.61 Å². The van der Waals surface area contributed by atoms with Gasteiger partial charge in [0.25, 0.3) is 0 Å². The van der Waals surface area contributed by atoms with E-state index >= 15 is 0 Å². The van der Waals surface area contributed by atoms with Crippen molar-refractivity contribution < 1.29 is 24.5 Å². The fourth-order valence-electron chi connectivity index (χ4n) is 2.31. The van der Waals surface area contributed by atoms with Gasteiger partial charge in [0, 0.05) is 12.0 Å². The number of fused-ring (bicyclic) bond motifs is 1. The minimum absolute atomic E-state index is 0.354. The molecule has 2 unspecified atom stereocenters. The Balaban J connectivity index is 2.17. The highest BCUT2D eigenvalue weighted by Gasteiger charge is 2.29. The monoisotopic (exact) mass is 279 g/mol. The molecule has 1 aromatic carbocycles. The van der Waals surface area contributed by atoms with Gasteiger partial charge in [0.05, 0.1) is 12.6 Å². The fourth-order valence-corrected chi connectivity index (χ4v) is 2.31. The van der Waals surface area contributed by atoms with Crippen molar-refractivity contribution in [2.45, 2.75) is 31.9 Å². The molecule has 1 heterocycles. The van der Waals surface area contributed by atoms with Crippen LogP contribution < -0.4 is 10.1 Å². The maximum absolute atomic E-state index is 11.5. The summed E-state index contributed by atoms with van der Waals surface area (Å²) >= 11 is 0. The van der Waals surface area contributed by atoms with E-state index in [1.54, 1.807) is 6.07 Å². The number of hydrogen-bond acceptors (Lipinski definition) is 4. The molecule has 1 aliphatic rings. The molecule has 0 saturated carbocycles. The lowest BCUT2D eigenvalue weighted by molar-refractivity contribution is -0.141. The number of nitrogens with one attached hydrogen (secondary N) is 1. The average Bonchev–Trinajstić information content (AvgIpc) is 2.51. The minimum atomic E-state index is -1.20. The molecule has 20 heavy (non-hydrogen) atoms. The van der Waals surface area contributed by atoms with Gasteiger partial charge in [0.2, 0.25) is 5.91 Å². The van der Waals surface area contributed by atoms with Crippen molar-refractivity contribution in [1.29, 1.82) is 0 Å². The molecule has 1 amide bonds. The second-order valence-electron chi connectivity index (χ2n) is 4.82. The second-order valence-corrected chi connectivity index (χ2v) is 4.82. The summed E-state index contributed by atoms with van der Waals surface area (Å²) in [6.07, 6.45) is -1.10. The Labute approximate surface area is 116 Å². The van der Waals surface area contributed by atoms with Crippen molar-refractivity contribution >= 4 is 11.9 Å². The molecule has 6 nitrogen and oxygen atoms in total. The van der Waals surface area contributed by atoms with E-state index in [9.17, 15) is 14.7 Å². The van der Waals surface area contributed by atoms with Gasteiger partial charge in [-0.1, -0.05) is 18.2 Å². The number of aliphatic carboxylic acids is 1. The number of benzene rings is 1. The molecular weight excluding hydrogens is 262 g/mol. The Bertz CT molecular complexity index is 528. The second kappa shape index (κ2) is 5.92. The molecule has 108 valence electrons. The summed E-state index contributed by atoms with van der Waals surface area (Å²) in [7, 11) is 0. The van der Waals surface area contributed by atoms with E-state index < -0.39 is 30.4 Å². The van der Waals surface area contributed by atoms with Crippen LogP contribution in [0.1, 0.15) is 30.1 Å². The maximum Gasteiger partial charge on any atom is 0.312 e. The molecule has 1 aliphatic heterocycles. The highest BCUT2D eigenvalue weighted by Crippen LogP contribution is 2.34. The summed E-state index contributed by atoms with van der Waals surface area (Å²) in [6.45, 7) is 2.24. The Morgan fingerprint density at radius 1 is 1.45 bits per heavy atom. The number of para-hydroxylation sites is 1. The lowest BCUT2D eigenvalue weighted by Gasteiger charge is -2.21. The number of hydrogen-bond donors (Lipinski definition) is 3. The lowest BCUT2D eigenvalue weighted by atomic mass is 9.98. The van der Waals surface area contributed by atoms with Crippen LogP contribution in [0.5, 0.6) is 5.75 Å². The van der Waals surface area contributed by atoms with Crippen molar-refractivity contribution in [3.63, 3.8) is 0 Å². The van der Waals surface area contributed by atoms with Crippen LogP contribution in [0.15, 0.2) is 18.2 Å². The quantitative estimate of drug-likeness (QED) is 0.710. The Morgan fingerprint density at radius 3 is 2.90 bits per heavy atom. The molecule has 3 N–H and O–H groups in total. The highest BCUT2D eigenvalue weighted by molar-refractivity contribution is 5.93. The molecule has 0 radical (unpaired) electrons. The summed E-state index contributed by atoms with van der Waals surface area (Å²) in [5, 5.41) is 21.5. The average molecular weight is 279 g/mol. The van der Waals surface area contributed by atoms with Crippen LogP contribution in [0, 0.1) is 6.92 Å². The molecule has 0 bridgehead atoms. The van der Waals surface area contributed by atoms with Crippen molar-refractivity contribution in [3.05, 3.63) is 29.3 Å². The van der Waals surface area contributed by atoms with Gasteiger partial charge in [0.1, 0.15) is 18.3 Å². The number of amides is 1. The number of rotatable bonds is 3. The smallest absolute Gasteiger partial charge is 0.312 e. The van der Waals surface area contributed by atoms with Crippen LogP contribution in [0.4, 0.5) is 0 Å². The van der Waals surface area contributed by atoms with Crippen molar-refractivity contribution in [1.82, 2.24) is 5.32 Å². The van der Waals surface area contributed by atoms with Gasteiger partial charge < -0.3 is 20.3 Å². The molecular formula is C14H17NO5. The number of aliphatic hydroxyl groups is 1. The third-order valence-electron chi connectivity index (χ3n) is 3.28. The first-order chi connectivity index (χ1) is 9.49. The first kappa shape index (κ1) is 14.3. The van der Waals surface area contributed by atoms with Gasteiger partial charge in [-0.05, 0) is 12.5 Å². The Hall–Kier alpha value is -2.08. The number of carboxylic acid groups (broad SMARTS) is 1. The largest absolute Gasteiger partial charge is 0.493 e. The first-order valence-corrected chi connectivity index (χ1v) is 6.40. The molecule has 1 aromatic rings. The van der Waals surface area contributed by atoms with Gasteiger partial charge in [0.15, 0.2) is 0 Å². The fraction of sp³-hybridized carbons (Fsp3) is 0.429. The standard InChI is InChI=1S/C14H17NO5/c1-8-3-2-4-9-13(19)10(5-6-20-14(8)9)15-11(16)7-12(17)18/h2-4,10,13,19H,5-7H2,1H3,(H,15,16)(H,17,18). The number of carbonyl (C=O) groups excluding carboxylic acids is 1. The Kier molecular flexibility index (Phi) is 4.24. The van der Waals surface area contributed by atoms with Gasteiger partial charge >= 0.3 is 5.97 Å². The van der Waals surface area contributed by atoms with E-state index in [1.165, 1.54) is 0 Å². The topological polar surface area (TPSA) is 95.9 Å². The van der Waals surface area contributed by atoms with E-state index in [0.29, 0.717) is 24.3 Å². The number of aryl methyl sites for hydroxylation is 1. The van der Waals surface area contributed by atoms with Crippen LogP contribution >= 0.6 is 0 Å². The molecule has 2 atom stereocenters. The molecule has 0 aliphatic carbocycles. The summed E-state index contributed by atoms with van der Waals surface area (Å²) in [4.78, 5) is 22.0. The molecule has 6 heteroatoms. The zero-order chi connectivity index (χ0) is 14.7. The number of ether oxygens (including phenoxy) is 1. The van der Waals surface area contributed by atoms with Gasteiger partial charge in [-0.15, -0.1) is 0 Å². The highest BCUT2D eigenvalue weighted by atomic mass is 16.5. The van der Waals surface area contributed by atoms with Crippen molar-refractivity contribution in [2.24, 2.45) is 0 Å². The molecule has 2 rings (SSSR count). The lowest BCUT2D eigenvalue weighted by Crippen LogP contribution is -2.40. The zero-order valence-electron chi connectivity index (χ0n) is 11.1. The summed E-state index contributed by atoms with van der Waals surface area (Å²) in [5.41, 5.74) is 1.53. The Morgan fingerprint density at radius 2 is 2.20 bits per heavy atom. The minimum Gasteiger partial charge on any atom is -0.493 e. The van der Waals surface area contributed by atoms with Crippen LogP contribution in [0.3, 0.4) is 0 Å². The van der Waals surface area contributed by atoms with E-state index in [4.69, 9.17) is 9.84 Å². The molecule has 0 spiro atoms. The van der Waals surface area contributed by atoms with Gasteiger partial charge in [-0.3, -0.25) is 9.59 Å². The van der Waals surface area contributed by atoms with Crippen LogP contribution in [0.2, 0.25) is 0 Å². The zero-order valence-corrected chi connectivity index (χ0v) is 11.1. The van der Waals surface area contributed by atoms with Gasteiger partial charge in [-0.2, -0.15) is 0 Å². The number of aliphatic hydroxyl groups excluding tert-OH is 1. The maximum atomic E-state index is 11.5. The third kappa shape index (κ3) is 3.08. The predicted molar refractivity (Wildman–Crippen MR) is 70.4 cm³/mol. The van der Waals surface area contributed by atoms with E-state index in [-0.39, 0.29) is 0 Å². The van der Waals surface area contributed by atoms with E-state index in [1.807, 2.05) is 19.1 Å². The summed E-state index contributed by atoms with van der Waals surface area (Å²) in [6, 6.07) is 4.89. The van der Waals surface area contributed by atoms with Crippen LogP contribution in [-0.2, 0) is 9.59 Å². The SMILES string of the molecule is Cc1cccc2c1OCCC(NC(=O)CC(=O)O)C2O. The third-order valence-corrected chi connectivity index (χ3v) is 3.28. The normalized spacial score (nSPS) is 21.3. The molecule has 0 saturated heterocycles. The van der Waals surface area contributed by atoms with E-state index in [0.717, 1.165) is 5.56 Å². The summed E-state index contributed by atoms with van der Waals surface area (Å²) in [5.74, 6) is -1.18. The van der Waals surface area contributed by atoms with Crippen LogP contribution in [-0.4, -0.2) is 34.7 Å². The predicted octanol–water partition coefficient (Wildman–Crippen LogP) is 0.770. The summed E-state index contributed by atoms with van der Waals surface area (Å²) < 4.78 is 5.61. The number of carboxylic acids is 1. The van der Waals surface area contributed by atoms with Crippen molar-refractivity contribution in [3.8, 4) is 5.75 Å². The van der Waals surface area contributed by atoms with Crippen LogP contribution in [0.25, 0.3) is 0 Å². The first-order valence-electron chi connectivity index (χ1n) is 6.40.